The minimum atomic E-state index is -1.29. The van der Waals surface area contributed by atoms with Gasteiger partial charge in [0.1, 0.15) is 6.04 Å². The zero-order valence-corrected chi connectivity index (χ0v) is 11.4. The maximum Gasteiger partial charge on any atom is 0.323 e. The molecule has 1 rings (SSSR count). The van der Waals surface area contributed by atoms with Gasteiger partial charge in [-0.15, -0.1) is 0 Å². The van der Waals surface area contributed by atoms with Crippen LogP contribution in [0, 0.1) is 0 Å². The van der Waals surface area contributed by atoms with E-state index in [1.165, 1.54) is 0 Å². The molecule has 0 saturated carbocycles. The number of carboxylic acids is 1. The van der Waals surface area contributed by atoms with E-state index >= 15 is 0 Å². The van der Waals surface area contributed by atoms with Crippen molar-refractivity contribution in [2.45, 2.75) is 24.9 Å². The first-order valence-electron chi connectivity index (χ1n) is 6.36. The van der Waals surface area contributed by atoms with Gasteiger partial charge in [0.2, 0.25) is 0 Å². The van der Waals surface area contributed by atoms with Crippen LogP contribution in [0.3, 0.4) is 0 Å². The largest absolute Gasteiger partial charge is 0.481 e. The molecule has 5 N–H and O–H groups in total. The Morgan fingerprint density at radius 1 is 1.10 bits per heavy atom. The van der Waals surface area contributed by atoms with Crippen molar-refractivity contribution in [3.63, 3.8) is 0 Å². The van der Waals surface area contributed by atoms with Crippen molar-refractivity contribution in [1.82, 2.24) is 0 Å². The van der Waals surface area contributed by atoms with E-state index in [9.17, 15) is 14.4 Å². The fraction of sp³-hybridized carbons (Fsp3) is 0.357. The molecule has 0 aliphatic heterocycles. The van der Waals surface area contributed by atoms with Crippen LogP contribution < -0.4 is 11.5 Å². The van der Waals surface area contributed by atoms with Gasteiger partial charge in [0, 0.05) is 0 Å². The Hall–Kier alpha value is -2.25. The van der Waals surface area contributed by atoms with Crippen LogP contribution in [0.4, 0.5) is 0 Å². The predicted molar refractivity (Wildman–Crippen MR) is 74.3 cm³/mol. The van der Waals surface area contributed by atoms with Gasteiger partial charge < -0.3 is 21.3 Å². The fourth-order valence-electron chi connectivity index (χ4n) is 1.61. The van der Waals surface area contributed by atoms with E-state index in [0.717, 1.165) is 5.56 Å². The Morgan fingerprint density at radius 3 is 2.29 bits per heavy atom. The number of aliphatic carboxylic acids is 1. The standard InChI is InChI=1S/C14H18N2O5/c15-10(6-9-4-2-1-3-5-9)12(17)8-21-14(20)11(16)7-13(18)19/h1-5,10-11H,6-8,15-16H2,(H,18,19)/t10-,11-/m0/s1. The Morgan fingerprint density at radius 2 is 1.71 bits per heavy atom. The smallest absolute Gasteiger partial charge is 0.323 e. The predicted octanol–water partition coefficient (Wildman–Crippen LogP) is -0.529. The summed E-state index contributed by atoms with van der Waals surface area (Å²) in [6.45, 7) is -0.514. The molecule has 0 unspecified atom stereocenters. The van der Waals surface area contributed by atoms with Crippen LogP contribution in [0.1, 0.15) is 12.0 Å². The first-order chi connectivity index (χ1) is 9.90. The first kappa shape index (κ1) is 16.8. The summed E-state index contributed by atoms with van der Waals surface area (Å²) in [7, 11) is 0. The van der Waals surface area contributed by atoms with E-state index < -0.39 is 42.8 Å². The van der Waals surface area contributed by atoms with E-state index in [-0.39, 0.29) is 0 Å². The van der Waals surface area contributed by atoms with Crippen molar-refractivity contribution < 1.29 is 24.2 Å². The van der Waals surface area contributed by atoms with E-state index in [1.807, 2.05) is 30.3 Å². The molecule has 0 saturated heterocycles. The molecule has 0 heterocycles. The summed E-state index contributed by atoms with van der Waals surface area (Å²) in [5.41, 5.74) is 11.9. The Labute approximate surface area is 121 Å². The molecule has 21 heavy (non-hydrogen) atoms. The van der Waals surface area contributed by atoms with E-state index in [1.54, 1.807) is 0 Å². The number of benzene rings is 1. The topological polar surface area (TPSA) is 133 Å². The summed E-state index contributed by atoms with van der Waals surface area (Å²) in [6.07, 6.45) is -0.221. The number of rotatable bonds is 8. The highest BCUT2D eigenvalue weighted by Gasteiger charge is 2.21. The number of hydrogen-bond acceptors (Lipinski definition) is 6. The lowest BCUT2D eigenvalue weighted by molar-refractivity contribution is -0.152. The second kappa shape index (κ2) is 8.13. The summed E-state index contributed by atoms with van der Waals surface area (Å²) < 4.78 is 4.67. The zero-order valence-electron chi connectivity index (χ0n) is 11.4. The summed E-state index contributed by atoms with van der Waals surface area (Å²) in [4.78, 5) is 33.5. The van der Waals surface area contributed by atoms with Crippen LogP contribution in [-0.2, 0) is 25.5 Å². The lowest BCUT2D eigenvalue weighted by atomic mass is 10.0. The molecule has 0 spiro atoms. The molecular formula is C14H18N2O5. The van der Waals surface area contributed by atoms with Crippen LogP contribution in [-0.4, -0.2) is 41.5 Å². The Balaban J connectivity index is 2.39. The van der Waals surface area contributed by atoms with Crippen LogP contribution in [0.15, 0.2) is 30.3 Å². The quantitative estimate of drug-likeness (QED) is 0.549. The molecule has 1 aromatic rings. The second-order valence-corrected chi connectivity index (χ2v) is 4.57. The highest BCUT2D eigenvalue weighted by atomic mass is 16.5. The van der Waals surface area contributed by atoms with Crippen molar-refractivity contribution in [3.8, 4) is 0 Å². The minimum Gasteiger partial charge on any atom is -0.481 e. The number of nitrogens with two attached hydrogens (primary N) is 2. The molecule has 0 radical (unpaired) electrons. The third-order valence-corrected chi connectivity index (χ3v) is 2.77. The highest BCUT2D eigenvalue weighted by Crippen LogP contribution is 2.03. The van der Waals surface area contributed by atoms with Crippen LogP contribution in [0.5, 0.6) is 0 Å². The van der Waals surface area contributed by atoms with Gasteiger partial charge in [-0.3, -0.25) is 14.4 Å². The number of ether oxygens (including phenoxy) is 1. The van der Waals surface area contributed by atoms with E-state index in [2.05, 4.69) is 4.74 Å². The molecule has 1 aromatic carbocycles. The molecule has 7 nitrogen and oxygen atoms in total. The number of esters is 1. The van der Waals surface area contributed by atoms with Crippen molar-refractivity contribution in [1.29, 1.82) is 0 Å². The molecule has 0 aliphatic carbocycles. The SMILES string of the molecule is N[C@@H](Cc1ccccc1)C(=O)COC(=O)[C@@H](N)CC(=O)O. The highest BCUT2D eigenvalue weighted by molar-refractivity contribution is 5.88. The molecule has 114 valence electrons. The molecule has 0 amide bonds. The van der Waals surface area contributed by atoms with Gasteiger partial charge in [-0.1, -0.05) is 30.3 Å². The van der Waals surface area contributed by atoms with Gasteiger partial charge >= 0.3 is 11.9 Å². The number of ketones is 1. The molecule has 2 atom stereocenters. The molecule has 0 aromatic heterocycles. The third kappa shape index (κ3) is 6.15. The number of carbonyl (C=O) groups excluding carboxylic acids is 2. The van der Waals surface area contributed by atoms with Crippen molar-refractivity contribution >= 4 is 17.7 Å². The fourth-order valence-corrected chi connectivity index (χ4v) is 1.61. The summed E-state index contributed by atoms with van der Waals surface area (Å²) >= 11 is 0. The maximum atomic E-state index is 11.7. The monoisotopic (exact) mass is 294 g/mol. The number of hydrogen-bond donors (Lipinski definition) is 3. The summed E-state index contributed by atoms with van der Waals surface area (Å²) in [5.74, 6) is -2.60. The summed E-state index contributed by atoms with van der Waals surface area (Å²) in [5, 5.41) is 8.49. The van der Waals surface area contributed by atoms with E-state index in [4.69, 9.17) is 16.6 Å². The summed E-state index contributed by atoms with van der Waals surface area (Å²) in [6, 6.07) is 7.10. The Bertz CT molecular complexity index is 503. The van der Waals surface area contributed by atoms with Crippen LogP contribution >= 0.6 is 0 Å². The first-order valence-corrected chi connectivity index (χ1v) is 6.36. The molecule has 7 heteroatoms. The number of carboxylic acid groups (broad SMARTS) is 1. The average molecular weight is 294 g/mol. The Kier molecular flexibility index (Phi) is 6.51. The second-order valence-electron chi connectivity index (χ2n) is 4.57. The van der Waals surface area contributed by atoms with Crippen molar-refractivity contribution in [3.05, 3.63) is 35.9 Å². The van der Waals surface area contributed by atoms with Gasteiger partial charge in [0.05, 0.1) is 12.5 Å². The lowest BCUT2D eigenvalue weighted by Crippen LogP contribution is -2.39. The van der Waals surface area contributed by atoms with Crippen LogP contribution in [0.25, 0.3) is 0 Å². The van der Waals surface area contributed by atoms with Crippen molar-refractivity contribution in [2.75, 3.05) is 6.61 Å². The minimum absolute atomic E-state index is 0.332. The maximum absolute atomic E-state index is 11.7. The van der Waals surface area contributed by atoms with Gasteiger partial charge in [0.25, 0.3) is 0 Å². The normalized spacial score (nSPS) is 13.2. The molecule has 0 bridgehead atoms. The van der Waals surface area contributed by atoms with Crippen LogP contribution in [0.2, 0.25) is 0 Å². The zero-order chi connectivity index (χ0) is 15.8. The van der Waals surface area contributed by atoms with Gasteiger partial charge in [-0.05, 0) is 12.0 Å². The number of carbonyl (C=O) groups is 3. The van der Waals surface area contributed by atoms with Gasteiger partial charge in [-0.2, -0.15) is 0 Å². The molecule has 0 aliphatic rings. The lowest BCUT2D eigenvalue weighted by Gasteiger charge is -2.12. The molecular weight excluding hydrogens is 276 g/mol. The average Bonchev–Trinajstić information content (AvgIpc) is 2.44. The molecule has 0 fully saturated rings. The van der Waals surface area contributed by atoms with E-state index in [0.29, 0.717) is 6.42 Å². The van der Waals surface area contributed by atoms with Crippen molar-refractivity contribution in [2.24, 2.45) is 11.5 Å². The van der Waals surface area contributed by atoms with Gasteiger partial charge in [0.15, 0.2) is 12.4 Å². The van der Waals surface area contributed by atoms with Gasteiger partial charge in [-0.25, -0.2) is 0 Å². The number of Topliss-reactive ketones (excluding diaryl/α,β-unsaturated/α-hetero) is 1. The third-order valence-electron chi connectivity index (χ3n) is 2.77.